The predicted molar refractivity (Wildman–Crippen MR) is 67.5 cm³/mol. The van der Waals surface area contributed by atoms with Crippen LogP contribution < -0.4 is 5.32 Å². The van der Waals surface area contributed by atoms with E-state index in [0.717, 1.165) is 26.2 Å². The van der Waals surface area contributed by atoms with Gasteiger partial charge < -0.3 is 10.1 Å². The van der Waals surface area contributed by atoms with Crippen molar-refractivity contribution in [3.05, 3.63) is 0 Å². The van der Waals surface area contributed by atoms with E-state index in [1.807, 2.05) is 13.8 Å². The van der Waals surface area contributed by atoms with Gasteiger partial charge in [-0.05, 0) is 33.2 Å². The third-order valence-corrected chi connectivity index (χ3v) is 4.93. The van der Waals surface area contributed by atoms with E-state index in [1.54, 1.807) is 6.92 Å². The van der Waals surface area contributed by atoms with E-state index in [9.17, 15) is 8.42 Å². The molecule has 1 unspecified atom stereocenters. The first-order valence-electron chi connectivity index (χ1n) is 6.04. The van der Waals surface area contributed by atoms with Gasteiger partial charge in [-0.3, -0.25) is 0 Å². The lowest BCUT2D eigenvalue weighted by Gasteiger charge is -2.10. The summed E-state index contributed by atoms with van der Waals surface area (Å²) in [6.45, 7) is 8.47. The summed E-state index contributed by atoms with van der Waals surface area (Å²) in [5.41, 5.74) is 0. The molecule has 0 aliphatic heterocycles. The second kappa shape index (κ2) is 8.96. The maximum atomic E-state index is 11.6. The first-order valence-corrected chi connectivity index (χ1v) is 7.76. The molecule has 1 atom stereocenters. The molecule has 0 saturated heterocycles. The molecule has 98 valence electrons. The summed E-state index contributed by atoms with van der Waals surface area (Å²) >= 11 is 0. The number of hydrogen-bond donors (Lipinski definition) is 1. The molecule has 0 aromatic heterocycles. The van der Waals surface area contributed by atoms with E-state index in [2.05, 4.69) is 5.32 Å². The average molecular weight is 251 g/mol. The third-order valence-electron chi connectivity index (χ3n) is 2.60. The minimum absolute atomic E-state index is 0.224. The Morgan fingerprint density at radius 1 is 1.25 bits per heavy atom. The van der Waals surface area contributed by atoms with E-state index in [4.69, 9.17) is 4.74 Å². The smallest absolute Gasteiger partial charge is 0.154 e. The minimum atomic E-state index is -2.90. The molecule has 0 aliphatic carbocycles. The molecule has 1 N–H and O–H groups in total. The van der Waals surface area contributed by atoms with Crippen molar-refractivity contribution in [1.82, 2.24) is 5.32 Å². The molecule has 0 rings (SSSR count). The number of hydrogen-bond acceptors (Lipinski definition) is 4. The van der Waals surface area contributed by atoms with Crippen molar-refractivity contribution in [2.75, 3.05) is 32.1 Å². The fourth-order valence-electron chi connectivity index (χ4n) is 1.24. The second-order valence-electron chi connectivity index (χ2n) is 3.89. The summed E-state index contributed by atoms with van der Waals surface area (Å²) in [7, 11) is -2.90. The predicted octanol–water partition coefficient (Wildman–Crippen LogP) is 1.22. The van der Waals surface area contributed by atoms with Crippen LogP contribution in [0, 0.1) is 0 Å². The summed E-state index contributed by atoms with van der Waals surface area (Å²) in [5, 5.41) is 2.90. The van der Waals surface area contributed by atoms with Crippen molar-refractivity contribution in [1.29, 1.82) is 0 Å². The Morgan fingerprint density at radius 2 is 1.94 bits per heavy atom. The van der Waals surface area contributed by atoms with Crippen molar-refractivity contribution in [2.45, 2.75) is 38.9 Å². The van der Waals surface area contributed by atoms with Crippen LogP contribution in [0.4, 0.5) is 0 Å². The number of rotatable bonds is 10. The summed E-state index contributed by atoms with van der Waals surface area (Å²) < 4.78 is 28.4. The number of ether oxygens (including phenoxy) is 1. The van der Waals surface area contributed by atoms with Gasteiger partial charge in [-0.1, -0.05) is 6.92 Å². The fraction of sp³-hybridized carbons (Fsp3) is 1.00. The minimum Gasteiger partial charge on any atom is -0.382 e. The Kier molecular flexibility index (Phi) is 8.89. The summed E-state index contributed by atoms with van der Waals surface area (Å²) in [5.74, 6) is 0.233. The fourth-order valence-corrected chi connectivity index (χ4v) is 2.58. The monoisotopic (exact) mass is 251 g/mol. The van der Waals surface area contributed by atoms with Gasteiger partial charge in [0.25, 0.3) is 0 Å². The topological polar surface area (TPSA) is 55.4 Å². The highest BCUT2D eigenvalue weighted by Gasteiger charge is 2.17. The first-order chi connectivity index (χ1) is 7.54. The highest BCUT2D eigenvalue weighted by Crippen LogP contribution is 2.04. The van der Waals surface area contributed by atoms with Crippen LogP contribution in [-0.4, -0.2) is 45.7 Å². The maximum absolute atomic E-state index is 11.6. The van der Waals surface area contributed by atoms with E-state index in [1.165, 1.54) is 0 Å². The molecule has 0 aromatic rings. The van der Waals surface area contributed by atoms with Crippen LogP contribution >= 0.6 is 0 Å². The third kappa shape index (κ3) is 7.19. The molecular weight excluding hydrogens is 226 g/mol. The quantitative estimate of drug-likeness (QED) is 0.593. The Hall–Kier alpha value is -0.130. The molecule has 0 radical (unpaired) electrons. The van der Waals surface area contributed by atoms with Gasteiger partial charge in [0.15, 0.2) is 9.84 Å². The normalized spacial score (nSPS) is 13.9. The van der Waals surface area contributed by atoms with E-state index < -0.39 is 9.84 Å². The molecule has 0 heterocycles. The number of sulfone groups is 1. The molecule has 16 heavy (non-hydrogen) atoms. The molecule has 0 saturated carbocycles. The van der Waals surface area contributed by atoms with Crippen molar-refractivity contribution < 1.29 is 13.2 Å². The molecule has 0 aromatic carbocycles. The summed E-state index contributed by atoms with van der Waals surface area (Å²) in [6, 6.07) is 0. The highest BCUT2D eigenvalue weighted by atomic mass is 32.2. The Balaban J connectivity index is 3.51. The van der Waals surface area contributed by atoms with Crippen LogP contribution in [-0.2, 0) is 14.6 Å². The van der Waals surface area contributed by atoms with Crippen LogP contribution in [0.2, 0.25) is 0 Å². The Labute approximate surface area is 99.7 Å². The van der Waals surface area contributed by atoms with Crippen LogP contribution in [0.25, 0.3) is 0 Å². The molecular formula is C11H25NO3S. The first kappa shape index (κ1) is 15.9. The van der Waals surface area contributed by atoms with E-state index in [-0.39, 0.29) is 11.0 Å². The van der Waals surface area contributed by atoms with E-state index >= 15 is 0 Å². The Morgan fingerprint density at radius 3 is 2.50 bits per heavy atom. The van der Waals surface area contributed by atoms with Crippen LogP contribution in [0.5, 0.6) is 0 Å². The summed E-state index contributed by atoms with van der Waals surface area (Å²) in [6.07, 6.45) is 1.61. The summed E-state index contributed by atoms with van der Waals surface area (Å²) in [4.78, 5) is 0. The lowest BCUT2D eigenvalue weighted by molar-refractivity contribution is 0.145. The lowest BCUT2D eigenvalue weighted by Crippen LogP contribution is -2.29. The van der Waals surface area contributed by atoms with Crippen LogP contribution in [0.1, 0.15) is 33.6 Å². The van der Waals surface area contributed by atoms with Gasteiger partial charge in [-0.2, -0.15) is 0 Å². The second-order valence-corrected chi connectivity index (χ2v) is 6.43. The molecule has 0 amide bonds. The van der Waals surface area contributed by atoms with Gasteiger partial charge in [0, 0.05) is 19.8 Å². The van der Waals surface area contributed by atoms with Crippen molar-refractivity contribution in [2.24, 2.45) is 0 Å². The Bertz CT molecular complexity index is 252. The molecule has 0 aliphatic rings. The molecule has 0 fully saturated rings. The highest BCUT2D eigenvalue weighted by molar-refractivity contribution is 7.92. The van der Waals surface area contributed by atoms with Crippen molar-refractivity contribution in [3.8, 4) is 0 Å². The molecule has 0 spiro atoms. The standard InChI is InChI=1S/C11H25NO3S/c1-4-11(3)16(13,14)10-8-12-7-6-9-15-5-2/h11-12H,4-10H2,1-3H3. The number of nitrogens with one attached hydrogen (secondary N) is 1. The van der Waals surface area contributed by atoms with Crippen molar-refractivity contribution in [3.63, 3.8) is 0 Å². The van der Waals surface area contributed by atoms with Gasteiger partial charge in [-0.15, -0.1) is 0 Å². The van der Waals surface area contributed by atoms with Gasteiger partial charge in [0.2, 0.25) is 0 Å². The zero-order chi connectivity index (χ0) is 12.4. The lowest BCUT2D eigenvalue weighted by atomic mass is 10.4. The van der Waals surface area contributed by atoms with Crippen LogP contribution in [0.15, 0.2) is 0 Å². The zero-order valence-electron chi connectivity index (χ0n) is 10.7. The molecule has 5 heteroatoms. The zero-order valence-corrected chi connectivity index (χ0v) is 11.5. The largest absolute Gasteiger partial charge is 0.382 e. The SMILES string of the molecule is CCOCCCNCCS(=O)(=O)C(C)CC. The average Bonchev–Trinajstić information content (AvgIpc) is 2.26. The molecule has 4 nitrogen and oxygen atoms in total. The van der Waals surface area contributed by atoms with Gasteiger partial charge in [0.1, 0.15) is 0 Å². The van der Waals surface area contributed by atoms with Crippen LogP contribution in [0.3, 0.4) is 0 Å². The molecule has 0 bridgehead atoms. The van der Waals surface area contributed by atoms with Gasteiger partial charge in [-0.25, -0.2) is 8.42 Å². The van der Waals surface area contributed by atoms with Gasteiger partial charge in [0.05, 0.1) is 11.0 Å². The maximum Gasteiger partial charge on any atom is 0.154 e. The van der Waals surface area contributed by atoms with Gasteiger partial charge >= 0.3 is 0 Å². The van der Waals surface area contributed by atoms with Crippen molar-refractivity contribution >= 4 is 9.84 Å². The van der Waals surface area contributed by atoms with E-state index in [0.29, 0.717) is 13.0 Å².